The molecule has 0 radical (unpaired) electrons. The third-order valence-electron chi connectivity index (χ3n) is 3.70. The van der Waals surface area contributed by atoms with E-state index in [4.69, 9.17) is 4.74 Å². The molecule has 2 nitrogen and oxygen atoms in total. The summed E-state index contributed by atoms with van der Waals surface area (Å²) >= 11 is 0. The number of rotatable bonds is 6. The first-order valence-electron chi connectivity index (χ1n) is 6.80. The highest BCUT2D eigenvalue weighted by molar-refractivity contribution is 5.85. The lowest BCUT2D eigenvalue weighted by molar-refractivity contribution is -0.138. The largest absolute Gasteiger partial charge is 0.370 e. The molecule has 0 N–H and O–H groups in total. The number of benzene rings is 2. The van der Waals surface area contributed by atoms with E-state index in [0.29, 0.717) is 12.8 Å². The molecule has 2 aromatic rings. The van der Waals surface area contributed by atoms with Crippen LogP contribution in [0.1, 0.15) is 18.1 Å². The van der Waals surface area contributed by atoms with Gasteiger partial charge in [-0.15, -0.1) is 0 Å². The van der Waals surface area contributed by atoms with E-state index in [1.54, 1.807) is 14.0 Å². The van der Waals surface area contributed by atoms with Crippen molar-refractivity contribution in [1.82, 2.24) is 0 Å². The maximum Gasteiger partial charge on any atom is 0.162 e. The molecule has 104 valence electrons. The molecule has 0 aliphatic heterocycles. The van der Waals surface area contributed by atoms with Gasteiger partial charge in [0.15, 0.2) is 5.78 Å². The smallest absolute Gasteiger partial charge is 0.162 e. The first kappa shape index (κ1) is 14.5. The highest BCUT2D eigenvalue weighted by atomic mass is 16.5. The summed E-state index contributed by atoms with van der Waals surface area (Å²) in [5, 5.41) is 0. The molecule has 0 atom stereocenters. The van der Waals surface area contributed by atoms with Gasteiger partial charge in [0.25, 0.3) is 0 Å². The lowest BCUT2D eigenvalue weighted by atomic mass is 9.84. The maximum atomic E-state index is 12.2. The van der Waals surface area contributed by atoms with E-state index in [9.17, 15) is 4.79 Å². The van der Waals surface area contributed by atoms with Gasteiger partial charge in [0, 0.05) is 20.0 Å². The Balaban J connectivity index is 2.28. The average molecular weight is 268 g/mol. The van der Waals surface area contributed by atoms with Crippen LogP contribution in [0.15, 0.2) is 60.7 Å². The van der Waals surface area contributed by atoms with E-state index >= 15 is 0 Å². The summed E-state index contributed by atoms with van der Waals surface area (Å²) in [4.78, 5) is 12.2. The van der Waals surface area contributed by atoms with Crippen LogP contribution in [0.2, 0.25) is 0 Å². The van der Waals surface area contributed by atoms with Crippen LogP contribution in [0.5, 0.6) is 0 Å². The first-order chi connectivity index (χ1) is 9.66. The third kappa shape index (κ3) is 3.34. The highest BCUT2D eigenvalue weighted by Crippen LogP contribution is 2.24. The Bertz CT molecular complexity index is 505. The van der Waals surface area contributed by atoms with Crippen LogP contribution < -0.4 is 0 Å². The molecule has 0 aliphatic rings. The van der Waals surface area contributed by atoms with Crippen molar-refractivity contribution in [3.63, 3.8) is 0 Å². The molecule has 2 aromatic carbocycles. The number of ether oxygens (including phenoxy) is 1. The second kappa shape index (κ2) is 6.49. The van der Waals surface area contributed by atoms with Crippen LogP contribution in [-0.2, 0) is 22.4 Å². The number of hydrogen-bond acceptors (Lipinski definition) is 2. The van der Waals surface area contributed by atoms with Crippen LogP contribution in [0.25, 0.3) is 0 Å². The van der Waals surface area contributed by atoms with E-state index in [1.165, 1.54) is 0 Å². The molecule has 0 unspecified atom stereocenters. The van der Waals surface area contributed by atoms with E-state index in [0.717, 1.165) is 11.1 Å². The summed E-state index contributed by atoms with van der Waals surface area (Å²) in [6, 6.07) is 20.0. The van der Waals surface area contributed by atoms with Crippen LogP contribution in [0.4, 0.5) is 0 Å². The van der Waals surface area contributed by atoms with Gasteiger partial charge < -0.3 is 4.74 Å². The molecule has 2 heteroatoms. The minimum absolute atomic E-state index is 0.0627. The van der Waals surface area contributed by atoms with Crippen LogP contribution in [0, 0.1) is 0 Å². The zero-order valence-electron chi connectivity index (χ0n) is 12.0. The van der Waals surface area contributed by atoms with Crippen LogP contribution >= 0.6 is 0 Å². The summed E-state index contributed by atoms with van der Waals surface area (Å²) in [5.74, 6) is 0.0627. The Morgan fingerprint density at radius 3 is 1.60 bits per heavy atom. The Kier molecular flexibility index (Phi) is 4.70. The van der Waals surface area contributed by atoms with Gasteiger partial charge in [-0.1, -0.05) is 60.7 Å². The van der Waals surface area contributed by atoms with Gasteiger partial charge >= 0.3 is 0 Å². The topological polar surface area (TPSA) is 26.3 Å². The summed E-state index contributed by atoms with van der Waals surface area (Å²) in [6.45, 7) is 1.61. The van der Waals surface area contributed by atoms with Gasteiger partial charge in [-0.05, 0) is 18.1 Å². The minimum Gasteiger partial charge on any atom is -0.370 e. The standard InChI is InChI=1S/C18H20O2/c1-15(19)18(20-2,13-16-9-5-3-6-10-16)14-17-11-7-4-8-12-17/h3-12H,13-14H2,1-2H3. The molecular formula is C18H20O2. The molecule has 0 aliphatic carbocycles. The van der Waals surface area contributed by atoms with E-state index in [-0.39, 0.29) is 5.78 Å². The van der Waals surface area contributed by atoms with Gasteiger partial charge in [-0.2, -0.15) is 0 Å². The zero-order valence-corrected chi connectivity index (χ0v) is 12.0. The van der Waals surface area contributed by atoms with Gasteiger partial charge in [0.1, 0.15) is 5.60 Å². The van der Waals surface area contributed by atoms with Crippen molar-refractivity contribution in [2.45, 2.75) is 25.4 Å². The summed E-state index contributed by atoms with van der Waals surface area (Å²) < 4.78 is 5.66. The molecule has 0 bridgehead atoms. The normalized spacial score (nSPS) is 11.3. The van der Waals surface area contributed by atoms with Gasteiger partial charge in [-0.3, -0.25) is 4.79 Å². The van der Waals surface area contributed by atoms with E-state index in [1.807, 2.05) is 60.7 Å². The summed E-state index contributed by atoms with van der Waals surface area (Å²) in [5.41, 5.74) is 1.43. The van der Waals surface area contributed by atoms with E-state index < -0.39 is 5.60 Å². The molecule has 0 amide bonds. The Morgan fingerprint density at radius 2 is 1.30 bits per heavy atom. The lowest BCUT2D eigenvalue weighted by Crippen LogP contribution is -2.43. The molecule has 0 aromatic heterocycles. The molecule has 0 spiro atoms. The quantitative estimate of drug-likeness (QED) is 0.802. The number of carbonyl (C=O) groups is 1. The van der Waals surface area contributed by atoms with Gasteiger partial charge in [-0.25, -0.2) is 0 Å². The predicted octanol–water partition coefficient (Wildman–Crippen LogP) is 3.45. The summed E-state index contributed by atoms with van der Waals surface area (Å²) in [7, 11) is 1.62. The van der Waals surface area contributed by atoms with Crippen LogP contribution in [0.3, 0.4) is 0 Å². The number of Topliss-reactive ketones (excluding diaryl/α,β-unsaturated/α-hetero) is 1. The lowest BCUT2D eigenvalue weighted by Gasteiger charge is -2.30. The molecule has 0 saturated carbocycles. The van der Waals surface area contributed by atoms with Crippen molar-refractivity contribution in [3.8, 4) is 0 Å². The number of ketones is 1. The Hall–Kier alpha value is -1.93. The molecule has 0 saturated heterocycles. The Labute approximate surface area is 120 Å². The molecule has 0 fully saturated rings. The number of carbonyl (C=O) groups excluding carboxylic acids is 1. The van der Waals surface area contributed by atoms with Crippen molar-refractivity contribution in [1.29, 1.82) is 0 Å². The minimum atomic E-state index is -0.789. The highest BCUT2D eigenvalue weighted by Gasteiger charge is 2.35. The zero-order chi connectivity index (χ0) is 14.4. The van der Waals surface area contributed by atoms with Crippen LogP contribution in [-0.4, -0.2) is 18.5 Å². The fraction of sp³-hybridized carbons (Fsp3) is 0.278. The van der Waals surface area contributed by atoms with Crippen molar-refractivity contribution < 1.29 is 9.53 Å². The molecule has 20 heavy (non-hydrogen) atoms. The van der Waals surface area contributed by atoms with Gasteiger partial charge in [0.05, 0.1) is 0 Å². The van der Waals surface area contributed by atoms with Gasteiger partial charge in [0.2, 0.25) is 0 Å². The summed E-state index contributed by atoms with van der Waals surface area (Å²) in [6.07, 6.45) is 1.18. The molecular weight excluding hydrogens is 248 g/mol. The van der Waals surface area contributed by atoms with Crippen molar-refractivity contribution in [3.05, 3.63) is 71.8 Å². The monoisotopic (exact) mass is 268 g/mol. The number of methoxy groups -OCH3 is 1. The fourth-order valence-electron chi connectivity index (χ4n) is 2.45. The predicted molar refractivity (Wildman–Crippen MR) is 80.7 cm³/mol. The molecule has 2 rings (SSSR count). The Morgan fingerprint density at radius 1 is 0.900 bits per heavy atom. The van der Waals surface area contributed by atoms with E-state index in [2.05, 4.69) is 0 Å². The average Bonchev–Trinajstić information content (AvgIpc) is 2.48. The second-order valence-electron chi connectivity index (χ2n) is 5.08. The van der Waals surface area contributed by atoms with Crippen molar-refractivity contribution in [2.75, 3.05) is 7.11 Å². The first-order valence-corrected chi connectivity index (χ1v) is 6.80. The SMILES string of the molecule is COC(Cc1ccccc1)(Cc1ccccc1)C(C)=O. The number of hydrogen-bond donors (Lipinski definition) is 0. The second-order valence-corrected chi connectivity index (χ2v) is 5.08. The molecule has 0 heterocycles. The fourth-order valence-corrected chi connectivity index (χ4v) is 2.45. The van der Waals surface area contributed by atoms with Crippen molar-refractivity contribution in [2.24, 2.45) is 0 Å². The van der Waals surface area contributed by atoms with Crippen molar-refractivity contribution >= 4 is 5.78 Å². The maximum absolute atomic E-state index is 12.2. The third-order valence-corrected chi connectivity index (χ3v) is 3.70.